The number of ether oxygens (including phenoxy) is 1. The van der Waals surface area contributed by atoms with Crippen molar-refractivity contribution in [2.24, 2.45) is 0 Å². The fraction of sp³-hybridized carbons (Fsp3) is 0.273. The third kappa shape index (κ3) is 3.47. The quantitative estimate of drug-likeness (QED) is 0.713. The van der Waals surface area contributed by atoms with E-state index in [2.05, 4.69) is 70.5 Å². The van der Waals surface area contributed by atoms with E-state index in [9.17, 15) is 0 Å². The second-order valence-corrected chi connectivity index (χ2v) is 6.60. The minimum Gasteiger partial charge on any atom is -0.497 e. The first-order chi connectivity index (χ1) is 12.3. The van der Waals surface area contributed by atoms with Crippen molar-refractivity contribution >= 4 is 16.5 Å². The fourth-order valence-corrected chi connectivity index (χ4v) is 3.64. The Kier molecular flexibility index (Phi) is 4.57. The van der Waals surface area contributed by atoms with Crippen molar-refractivity contribution in [3.63, 3.8) is 0 Å². The molecule has 1 aliphatic rings. The van der Waals surface area contributed by atoms with Gasteiger partial charge in [-0.2, -0.15) is 0 Å². The summed E-state index contributed by atoms with van der Waals surface area (Å²) in [5, 5.41) is 2.70. The molecule has 0 radical (unpaired) electrons. The van der Waals surface area contributed by atoms with Crippen molar-refractivity contribution in [1.29, 1.82) is 0 Å². The molecule has 3 nitrogen and oxygen atoms in total. The summed E-state index contributed by atoms with van der Waals surface area (Å²) in [4.78, 5) is 5.00. The van der Waals surface area contributed by atoms with Gasteiger partial charge in [-0.25, -0.2) is 0 Å². The number of fused-ring (bicyclic) bond motifs is 1. The van der Waals surface area contributed by atoms with Crippen molar-refractivity contribution < 1.29 is 4.74 Å². The van der Waals surface area contributed by atoms with Gasteiger partial charge in [-0.15, -0.1) is 0 Å². The van der Waals surface area contributed by atoms with Gasteiger partial charge in [0.2, 0.25) is 0 Å². The second kappa shape index (κ2) is 7.16. The predicted octanol–water partition coefficient (Wildman–Crippen LogP) is 4.17. The summed E-state index contributed by atoms with van der Waals surface area (Å²) in [5.74, 6) is 0.927. The van der Waals surface area contributed by atoms with Crippen LogP contribution in [0, 0.1) is 0 Å². The number of hydrogen-bond acceptors (Lipinski definition) is 3. The Labute approximate surface area is 149 Å². The van der Waals surface area contributed by atoms with E-state index in [0.29, 0.717) is 0 Å². The molecule has 1 fully saturated rings. The van der Waals surface area contributed by atoms with Crippen LogP contribution in [0.25, 0.3) is 10.8 Å². The topological polar surface area (TPSA) is 15.7 Å². The SMILES string of the molecule is COc1cccc(N2CCN(Cc3cccc4ccccc34)CC2)c1. The molecule has 0 aliphatic carbocycles. The molecule has 3 aromatic rings. The van der Waals surface area contributed by atoms with Crippen LogP contribution in [0.3, 0.4) is 0 Å². The summed E-state index contributed by atoms with van der Waals surface area (Å²) >= 11 is 0. The molecule has 0 unspecified atom stereocenters. The molecule has 0 spiro atoms. The number of rotatable bonds is 4. The van der Waals surface area contributed by atoms with E-state index >= 15 is 0 Å². The number of hydrogen-bond donors (Lipinski definition) is 0. The standard InChI is InChI=1S/C22H24N2O/c1-25-21-10-5-9-20(16-21)24-14-12-23(13-15-24)17-19-8-4-7-18-6-2-3-11-22(18)19/h2-11,16H,12-15,17H2,1H3. The Morgan fingerprint density at radius 1 is 0.840 bits per heavy atom. The Hall–Kier alpha value is -2.52. The molecule has 25 heavy (non-hydrogen) atoms. The van der Waals surface area contributed by atoms with Gasteiger partial charge in [-0.05, 0) is 28.5 Å². The molecule has 4 rings (SSSR count). The highest BCUT2D eigenvalue weighted by atomic mass is 16.5. The molecule has 3 heteroatoms. The maximum atomic E-state index is 5.35. The molecule has 1 aliphatic heterocycles. The number of benzene rings is 3. The Morgan fingerprint density at radius 3 is 2.44 bits per heavy atom. The lowest BCUT2D eigenvalue weighted by molar-refractivity contribution is 0.250. The molecule has 1 saturated heterocycles. The van der Waals surface area contributed by atoms with Gasteiger partial charge in [0.25, 0.3) is 0 Å². The van der Waals surface area contributed by atoms with Crippen LogP contribution in [-0.2, 0) is 6.54 Å². The Balaban J connectivity index is 1.43. The largest absolute Gasteiger partial charge is 0.497 e. The molecule has 0 atom stereocenters. The highest BCUT2D eigenvalue weighted by Gasteiger charge is 2.18. The molecule has 3 aromatic carbocycles. The van der Waals surface area contributed by atoms with Gasteiger partial charge in [0.1, 0.15) is 5.75 Å². The summed E-state index contributed by atoms with van der Waals surface area (Å²) in [6.45, 7) is 5.30. The number of anilines is 1. The van der Waals surface area contributed by atoms with Crippen molar-refractivity contribution in [2.75, 3.05) is 38.2 Å². The number of piperazine rings is 1. The summed E-state index contributed by atoms with van der Waals surface area (Å²) < 4.78 is 5.35. The maximum absolute atomic E-state index is 5.35. The molecule has 0 saturated carbocycles. The van der Waals surface area contributed by atoms with Crippen molar-refractivity contribution in [2.45, 2.75) is 6.54 Å². The van der Waals surface area contributed by atoms with Crippen molar-refractivity contribution in [1.82, 2.24) is 4.90 Å². The lowest BCUT2D eigenvalue weighted by Crippen LogP contribution is -2.46. The average Bonchev–Trinajstić information content (AvgIpc) is 2.69. The summed E-state index contributed by atoms with van der Waals surface area (Å²) in [7, 11) is 1.72. The van der Waals surface area contributed by atoms with Crippen LogP contribution in [0.4, 0.5) is 5.69 Å². The van der Waals surface area contributed by atoms with Gasteiger partial charge < -0.3 is 9.64 Å². The molecular weight excluding hydrogens is 308 g/mol. The van der Waals surface area contributed by atoms with E-state index in [1.165, 1.54) is 22.0 Å². The van der Waals surface area contributed by atoms with Gasteiger partial charge in [-0.3, -0.25) is 4.90 Å². The minimum atomic E-state index is 0.927. The van der Waals surface area contributed by atoms with Crippen LogP contribution >= 0.6 is 0 Å². The Bertz CT molecular complexity index is 848. The van der Waals surface area contributed by atoms with E-state index < -0.39 is 0 Å². The van der Waals surface area contributed by atoms with Crippen LogP contribution in [0.15, 0.2) is 66.7 Å². The second-order valence-electron chi connectivity index (χ2n) is 6.60. The van der Waals surface area contributed by atoms with Gasteiger partial charge in [-0.1, -0.05) is 48.5 Å². The molecular formula is C22H24N2O. The fourth-order valence-electron chi connectivity index (χ4n) is 3.64. The smallest absolute Gasteiger partial charge is 0.120 e. The molecule has 0 bridgehead atoms. The van der Waals surface area contributed by atoms with E-state index in [4.69, 9.17) is 4.74 Å². The maximum Gasteiger partial charge on any atom is 0.120 e. The van der Waals surface area contributed by atoms with Gasteiger partial charge >= 0.3 is 0 Å². The lowest BCUT2D eigenvalue weighted by atomic mass is 10.0. The van der Waals surface area contributed by atoms with Crippen molar-refractivity contribution in [3.8, 4) is 5.75 Å². The van der Waals surface area contributed by atoms with Gasteiger partial charge in [0.15, 0.2) is 0 Å². The number of methoxy groups -OCH3 is 1. The third-order valence-electron chi connectivity index (χ3n) is 5.06. The van der Waals surface area contributed by atoms with E-state index in [-0.39, 0.29) is 0 Å². The van der Waals surface area contributed by atoms with Crippen LogP contribution in [0.1, 0.15) is 5.56 Å². The van der Waals surface area contributed by atoms with Gasteiger partial charge in [0.05, 0.1) is 7.11 Å². The zero-order valence-corrected chi connectivity index (χ0v) is 14.7. The number of nitrogens with zero attached hydrogens (tertiary/aromatic N) is 2. The van der Waals surface area contributed by atoms with E-state index in [1.54, 1.807) is 7.11 Å². The highest BCUT2D eigenvalue weighted by Crippen LogP contribution is 2.24. The predicted molar refractivity (Wildman–Crippen MR) is 104 cm³/mol. The van der Waals surface area contributed by atoms with Crippen LogP contribution in [-0.4, -0.2) is 38.2 Å². The Morgan fingerprint density at radius 2 is 1.60 bits per heavy atom. The van der Waals surface area contributed by atoms with E-state index in [0.717, 1.165) is 38.5 Å². The molecule has 1 heterocycles. The molecule has 0 N–H and O–H groups in total. The summed E-state index contributed by atoms with van der Waals surface area (Å²) in [6.07, 6.45) is 0. The van der Waals surface area contributed by atoms with Crippen molar-refractivity contribution in [3.05, 3.63) is 72.3 Å². The minimum absolute atomic E-state index is 0.927. The van der Waals surface area contributed by atoms with Gasteiger partial charge in [0, 0.05) is 44.5 Å². The van der Waals surface area contributed by atoms with Crippen LogP contribution in [0.2, 0.25) is 0 Å². The normalized spacial score (nSPS) is 15.5. The highest BCUT2D eigenvalue weighted by molar-refractivity contribution is 5.85. The zero-order chi connectivity index (χ0) is 17.1. The molecule has 128 valence electrons. The monoisotopic (exact) mass is 332 g/mol. The molecule has 0 amide bonds. The van der Waals surface area contributed by atoms with E-state index in [1.807, 2.05) is 6.07 Å². The van der Waals surface area contributed by atoms with Crippen LogP contribution in [0.5, 0.6) is 5.75 Å². The lowest BCUT2D eigenvalue weighted by Gasteiger charge is -2.36. The first kappa shape index (κ1) is 16.0. The zero-order valence-electron chi connectivity index (χ0n) is 14.7. The summed E-state index contributed by atoms with van der Waals surface area (Å²) in [5.41, 5.74) is 2.68. The third-order valence-corrected chi connectivity index (χ3v) is 5.06. The first-order valence-corrected chi connectivity index (χ1v) is 8.91. The summed E-state index contributed by atoms with van der Waals surface area (Å²) in [6, 6.07) is 23.7. The first-order valence-electron chi connectivity index (χ1n) is 8.91. The average molecular weight is 332 g/mol. The van der Waals surface area contributed by atoms with Crippen LogP contribution < -0.4 is 9.64 Å². The molecule has 0 aromatic heterocycles.